The zero-order valence-electron chi connectivity index (χ0n) is 14.3. The van der Waals surface area contributed by atoms with Crippen molar-refractivity contribution in [2.45, 2.75) is 26.4 Å². The number of hydrogen-bond donors (Lipinski definition) is 1. The highest BCUT2D eigenvalue weighted by Gasteiger charge is 2.16. The minimum atomic E-state index is -0.551. The van der Waals surface area contributed by atoms with Gasteiger partial charge in [-0.05, 0) is 56.7 Å². The lowest BCUT2D eigenvalue weighted by atomic mass is 10.0. The highest BCUT2D eigenvalue weighted by molar-refractivity contribution is 6.33. The van der Waals surface area contributed by atoms with Gasteiger partial charge < -0.3 is 4.74 Å². The summed E-state index contributed by atoms with van der Waals surface area (Å²) < 4.78 is 5.24. The molecule has 2 aromatic carbocycles. The Balaban J connectivity index is 1.87. The van der Waals surface area contributed by atoms with Gasteiger partial charge >= 0.3 is 6.09 Å². The van der Waals surface area contributed by atoms with Crippen LogP contribution in [-0.4, -0.2) is 16.7 Å². The minimum Gasteiger partial charge on any atom is -0.444 e. The van der Waals surface area contributed by atoms with E-state index in [-0.39, 0.29) is 0 Å². The van der Waals surface area contributed by atoms with Gasteiger partial charge in [0.1, 0.15) is 11.4 Å². The van der Waals surface area contributed by atoms with E-state index in [1.54, 1.807) is 6.07 Å². The van der Waals surface area contributed by atoms with Gasteiger partial charge in [0.2, 0.25) is 0 Å². The molecule has 3 aromatic rings. The van der Waals surface area contributed by atoms with Crippen molar-refractivity contribution in [2.75, 3.05) is 5.32 Å². The quantitative estimate of drug-likeness (QED) is 0.623. The molecule has 1 N–H and O–H groups in total. The number of pyridine rings is 1. The van der Waals surface area contributed by atoms with Crippen LogP contribution in [-0.2, 0) is 4.74 Å². The van der Waals surface area contributed by atoms with Gasteiger partial charge in [0.25, 0.3) is 0 Å². The van der Waals surface area contributed by atoms with E-state index in [0.717, 1.165) is 22.0 Å². The largest absolute Gasteiger partial charge is 0.444 e. The Hall–Kier alpha value is -2.59. The number of hydrogen-bond acceptors (Lipinski definition) is 3. The molecule has 0 bridgehead atoms. The Morgan fingerprint density at radius 2 is 1.84 bits per heavy atom. The van der Waals surface area contributed by atoms with Crippen LogP contribution in [0.3, 0.4) is 0 Å². The molecule has 25 heavy (non-hydrogen) atoms. The van der Waals surface area contributed by atoms with Crippen LogP contribution < -0.4 is 5.32 Å². The molecule has 0 saturated carbocycles. The molecule has 0 unspecified atom stereocenters. The molecule has 128 valence electrons. The standard InChI is InChI=1S/C20H19ClN2O2/c1-20(2,3)25-19(24)23-18-11-9-14-12-13(8-10-17(14)22-18)15-6-4-5-7-16(15)21/h4-12H,1-3H3,(H,22,23,24). The highest BCUT2D eigenvalue weighted by atomic mass is 35.5. The molecule has 3 rings (SSSR count). The molecule has 0 aliphatic rings. The number of amides is 1. The molecule has 0 aliphatic heterocycles. The third-order valence-corrected chi connectivity index (χ3v) is 3.83. The Morgan fingerprint density at radius 1 is 1.08 bits per heavy atom. The van der Waals surface area contributed by atoms with Crippen molar-refractivity contribution in [3.63, 3.8) is 0 Å². The number of rotatable bonds is 2. The van der Waals surface area contributed by atoms with Gasteiger partial charge in [0, 0.05) is 16.0 Å². The van der Waals surface area contributed by atoms with Crippen molar-refractivity contribution >= 4 is 34.4 Å². The Kier molecular flexibility index (Phi) is 4.64. The van der Waals surface area contributed by atoms with Crippen LogP contribution in [0.25, 0.3) is 22.0 Å². The number of fused-ring (bicyclic) bond motifs is 1. The topological polar surface area (TPSA) is 51.2 Å². The molecule has 0 atom stereocenters. The summed E-state index contributed by atoms with van der Waals surface area (Å²) in [6.07, 6.45) is -0.521. The number of ether oxygens (including phenoxy) is 1. The summed E-state index contributed by atoms with van der Waals surface area (Å²) in [6.45, 7) is 5.45. The van der Waals surface area contributed by atoms with Gasteiger partial charge in [-0.15, -0.1) is 0 Å². The lowest BCUT2D eigenvalue weighted by Gasteiger charge is -2.19. The number of carbonyl (C=O) groups excluding carboxylic acids is 1. The molecule has 4 nitrogen and oxygen atoms in total. The number of aromatic nitrogens is 1. The second-order valence-electron chi connectivity index (χ2n) is 6.71. The molecule has 0 saturated heterocycles. The molecule has 0 spiro atoms. The molecule has 0 radical (unpaired) electrons. The molecular weight excluding hydrogens is 336 g/mol. The molecular formula is C20H19ClN2O2. The van der Waals surface area contributed by atoms with Gasteiger partial charge in [0.15, 0.2) is 0 Å². The van der Waals surface area contributed by atoms with Crippen LogP contribution >= 0.6 is 11.6 Å². The fourth-order valence-electron chi connectivity index (χ4n) is 2.47. The van der Waals surface area contributed by atoms with Crippen molar-refractivity contribution in [1.29, 1.82) is 0 Å². The number of nitrogens with one attached hydrogen (secondary N) is 1. The maximum atomic E-state index is 11.9. The van der Waals surface area contributed by atoms with Crippen LogP contribution in [0.5, 0.6) is 0 Å². The van der Waals surface area contributed by atoms with E-state index >= 15 is 0 Å². The van der Waals surface area contributed by atoms with Crippen molar-refractivity contribution < 1.29 is 9.53 Å². The van der Waals surface area contributed by atoms with Gasteiger partial charge in [-0.3, -0.25) is 5.32 Å². The van der Waals surface area contributed by atoms with Crippen LogP contribution in [0.15, 0.2) is 54.6 Å². The molecule has 1 amide bonds. The van der Waals surface area contributed by atoms with Crippen LogP contribution in [0.4, 0.5) is 10.6 Å². The highest BCUT2D eigenvalue weighted by Crippen LogP contribution is 2.30. The van der Waals surface area contributed by atoms with E-state index in [2.05, 4.69) is 10.3 Å². The summed E-state index contributed by atoms with van der Waals surface area (Å²) in [7, 11) is 0. The van der Waals surface area contributed by atoms with Crippen molar-refractivity contribution in [1.82, 2.24) is 4.98 Å². The Morgan fingerprint density at radius 3 is 2.56 bits per heavy atom. The average molecular weight is 355 g/mol. The van der Waals surface area contributed by atoms with E-state index in [1.165, 1.54) is 0 Å². The van der Waals surface area contributed by atoms with E-state index in [9.17, 15) is 4.79 Å². The third kappa shape index (κ3) is 4.28. The second-order valence-corrected chi connectivity index (χ2v) is 7.12. The summed E-state index contributed by atoms with van der Waals surface area (Å²) in [5.41, 5.74) is 2.23. The summed E-state index contributed by atoms with van der Waals surface area (Å²) in [6, 6.07) is 17.3. The first-order valence-corrected chi connectivity index (χ1v) is 8.35. The summed E-state index contributed by atoms with van der Waals surface area (Å²) in [5, 5.41) is 4.32. The average Bonchev–Trinajstić information content (AvgIpc) is 2.53. The fourth-order valence-corrected chi connectivity index (χ4v) is 2.71. The number of benzene rings is 2. The van der Waals surface area contributed by atoms with Crippen LogP contribution in [0.1, 0.15) is 20.8 Å². The normalized spacial score (nSPS) is 11.4. The Labute approximate surface area is 151 Å². The Bertz CT molecular complexity index is 932. The smallest absolute Gasteiger partial charge is 0.413 e. The summed E-state index contributed by atoms with van der Waals surface area (Å²) in [4.78, 5) is 16.3. The van der Waals surface area contributed by atoms with Gasteiger partial charge in [-0.1, -0.05) is 35.9 Å². The zero-order chi connectivity index (χ0) is 18.0. The fraction of sp³-hybridized carbons (Fsp3) is 0.200. The first-order chi connectivity index (χ1) is 11.8. The van der Waals surface area contributed by atoms with E-state index in [0.29, 0.717) is 10.8 Å². The van der Waals surface area contributed by atoms with E-state index in [4.69, 9.17) is 16.3 Å². The van der Waals surface area contributed by atoms with Crippen LogP contribution in [0, 0.1) is 0 Å². The predicted molar refractivity (Wildman–Crippen MR) is 102 cm³/mol. The monoisotopic (exact) mass is 354 g/mol. The van der Waals surface area contributed by atoms with E-state index < -0.39 is 11.7 Å². The summed E-state index contributed by atoms with van der Waals surface area (Å²) in [5.74, 6) is 0.451. The lowest BCUT2D eigenvalue weighted by Crippen LogP contribution is -2.27. The molecule has 0 aliphatic carbocycles. The molecule has 5 heteroatoms. The lowest BCUT2D eigenvalue weighted by molar-refractivity contribution is 0.0635. The minimum absolute atomic E-state index is 0.451. The van der Waals surface area contributed by atoms with Crippen molar-refractivity contribution in [2.24, 2.45) is 0 Å². The summed E-state index contributed by atoms with van der Waals surface area (Å²) >= 11 is 6.27. The number of halogens is 1. The molecule has 0 fully saturated rings. The number of carbonyl (C=O) groups is 1. The first kappa shape index (κ1) is 17.2. The SMILES string of the molecule is CC(C)(C)OC(=O)Nc1ccc2cc(-c3ccccc3Cl)ccc2n1. The van der Waals surface area contributed by atoms with Crippen LogP contribution in [0.2, 0.25) is 5.02 Å². The van der Waals surface area contributed by atoms with Gasteiger partial charge in [0.05, 0.1) is 5.52 Å². The third-order valence-electron chi connectivity index (χ3n) is 3.50. The maximum Gasteiger partial charge on any atom is 0.413 e. The van der Waals surface area contributed by atoms with E-state index in [1.807, 2.05) is 69.3 Å². The maximum absolute atomic E-state index is 11.9. The van der Waals surface area contributed by atoms with Crippen molar-refractivity contribution in [3.8, 4) is 11.1 Å². The van der Waals surface area contributed by atoms with Crippen molar-refractivity contribution in [3.05, 3.63) is 59.6 Å². The number of anilines is 1. The second kappa shape index (κ2) is 6.73. The number of nitrogens with zero attached hydrogens (tertiary/aromatic N) is 1. The van der Waals surface area contributed by atoms with Gasteiger partial charge in [-0.25, -0.2) is 9.78 Å². The zero-order valence-corrected chi connectivity index (χ0v) is 15.1. The molecule has 1 heterocycles. The first-order valence-electron chi connectivity index (χ1n) is 7.97. The predicted octanol–water partition coefficient (Wildman–Crippen LogP) is 5.90. The van der Waals surface area contributed by atoms with Gasteiger partial charge in [-0.2, -0.15) is 0 Å². The molecule has 1 aromatic heterocycles.